The van der Waals surface area contributed by atoms with Crippen molar-refractivity contribution in [3.63, 3.8) is 0 Å². The Morgan fingerprint density at radius 2 is 2.21 bits per heavy atom. The van der Waals surface area contributed by atoms with E-state index in [2.05, 4.69) is 21.5 Å². The van der Waals surface area contributed by atoms with Crippen molar-refractivity contribution in [2.24, 2.45) is 5.73 Å². The minimum absolute atomic E-state index is 0.0153. The Labute approximate surface area is 142 Å². The molecule has 3 aromatic heterocycles. The summed E-state index contributed by atoms with van der Waals surface area (Å²) in [6, 6.07) is 3.65. The number of rotatable bonds is 5. The highest BCUT2D eigenvalue weighted by molar-refractivity contribution is 7.07. The van der Waals surface area contributed by atoms with Gasteiger partial charge < -0.3 is 10.6 Å². The number of fused-ring (bicyclic) bond motifs is 1. The van der Waals surface area contributed by atoms with Crippen LogP contribution in [0.4, 0.5) is 0 Å². The van der Waals surface area contributed by atoms with Gasteiger partial charge in [0.1, 0.15) is 11.3 Å². The summed E-state index contributed by atoms with van der Waals surface area (Å²) in [5, 5.41) is 8.18. The lowest BCUT2D eigenvalue weighted by atomic mass is 10.1. The van der Waals surface area contributed by atoms with Gasteiger partial charge in [0.15, 0.2) is 5.65 Å². The zero-order chi connectivity index (χ0) is 17.3. The number of hydrogen-bond acceptors (Lipinski definition) is 5. The average Bonchev–Trinajstić information content (AvgIpc) is 3.22. The number of thiophene rings is 1. The monoisotopic (exact) mass is 343 g/mol. The summed E-state index contributed by atoms with van der Waals surface area (Å²) in [6.45, 7) is 1.99. The number of primary amides is 1. The zero-order valence-electron chi connectivity index (χ0n) is 13.3. The Balaban J connectivity index is 1.89. The molecule has 0 aliphatic rings. The zero-order valence-corrected chi connectivity index (χ0v) is 14.2. The molecule has 0 fully saturated rings. The lowest BCUT2D eigenvalue weighted by Crippen LogP contribution is -2.37. The maximum atomic E-state index is 12.8. The van der Waals surface area contributed by atoms with Crippen LogP contribution < -0.4 is 5.73 Å². The second kappa shape index (κ2) is 6.40. The molecule has 1 atom stereocenters. The van der Waals surface area contributed by atoms with Gasteiger partial charge in [-0.15, -0.1) is 0 Å². The molecule has 124 valence electrons. The number of likely N-dealkylation sites (N-methyl/N-ethyl adjacent to an activating group) is 1. The fourth-order valence-electron chi connectivity index (χ4n) is 2.49. The van der Waals surface area contributed by atoms with Gasteiger partial charge in [0.2, 0.25) is 0 Å². The highest BCUT2D eigenvalue weighted by atomic mass is 32.1. The smallest absolute Gasteiger partial charge is 0.272 e. The van der Waals surface area contributed by atoms with Crippen molar-refractivity contribution in [2.75, 3.05) is 7.05 Å². The third-order valence-corrected chi connectivity index (χ3v) is 4.71. The quantitative estimate of drug-likeness (QED) is 0.761. The highest BCUT2D eigenvalue weighted by Gasteiger charge is 2.22. The van der Waals surface area contributed by atoms with Crippen LogP contribution in [0.2, 0.25) is 0 Å². The number of carbonyl (C=O) groups is 2. The Morgan fingerprint density at radius 3 is 2.88 bits per heavy atom. The van der Waals surface area contributed by atoms with Crippen molar-refractivity contribution < 1.29 is 9.59 Å². The summed E-state index contributed by atoms with van der Waals surface area (Å²) < 4.78 is 1.36. The molecule has 24 heavy (non-hydrogen) atoms. The van der Waals surface area contributed by atoms with E-state index in [4.69, 9.17) is 5.73 Å². The van der Waals surface area contributed by atoms with Crippen LogP contribution >= 0.6 is 11.3 Å². The minimum atomic E-state index is -0.624. The van der Waals surface area contributed by atoms with E-state index in [0.717, 1.165) is 6.42 Å². The number of aromatic nitrogens is 3. The summed E-state index contributed by atoms with van der Waals surface area (Å²) in [5.41, 5.74) is 7.32. The number of hydrogen-bond donors (Lipinski definition) is 1. The first-order valence-corrected chi connectivity index (χ1v) is 8.34. The van der Waals surface area contributed by atoms with E-state index in [-0.39, 0.29) is 23.2 Å². The van der Waals surface area contributed by atoms with Gasteiger partial charge in [-0.2, -0.15) is 16.4 Å². The Hall–Kier alpha value is -2.74. The van der Waals surface area contributed by atoms with Crippen LogP contribution in [0.25, 0.3) is 5.65 Å². The van der Waals surface area contributed by atoms with Crippen LogP contribution in [0, 0.1) is 0 Å². The van der Waals surface area contributed by atoms with Gasteiger partial charge in [-0.05, 0) is 41.8 Å². The molecule has 0 spiro atoms. The molecule has 3 rings (SSSR count). The van der Waals surface area contributed by atoms with Crippen molar-refractivity contribution >= 4 is 28.8 Å². The molecule has 0 aliphatic heterocycles. The second-order valence-corrected chi connectivity index (χ2v) is 6.37. The van der Waals surface area contributed by atoms with Crippen molar-refractivity contribution in [1.29, 1.82) is 0 Å². The maximum Gasteiger partial charge on any atom is 0.272 e. The average molecular weight is 343 g/mol. The number of nitrogens with zero attached hydrogens (tertiary/aromatic N) is 4. The van der Waals surface area contributed by atoms with Crippen molar-refractivity contribution in [3.05, 3.63) is 52.1 Å². The van der Waals surface area contributed by atoms with Gasteiger partial charge in [0, 0.05) is 19.3 Å². The molecule has 3 aromatic rings. The van der Waals surface area contributed by atoms with Gasteiger partial charge in [-0.1, -0.05) is 0 Å². The first kappa shape index (κ1) is 16.1. The van der Waals surface area contributed by atoms with Gasteiger partial charge in [-0.3, -0.25) is 9.59 Å². The van der Waals surface area contributed by atoms with E-state index >= 15 is 0 Å². The molecule has 0 radical (unpaired) electrons. The lowest BCUT2D eigenvalue weighted by molar-refractivity contribution is 0.0734. The fraction of sp³-hybridized carbons (Fsp3) is 0.250. The largest absolute Gasteiger partial charge is 0.365 e. The van der Waals surface area contributed by atoms with Crippen molar-refractivity contribution in [3.8, 4) is 0 Å². The standard InChI is InChI=1S/C16H17N5O2S/c1-10(7-11-4-6-24-9-11)20(2)16(23)13-3-5-18-15-12(14(17)22)8-19-21(13)15/h3-6,8-10H,7H2,1-2H3,(H2,17,22)/t10-/m1/s1. The topological polar surface area (TPSA) is 93.6 Å². The minimum Gasteiger partial charge on any atom is -0.365 e. The van der Waals surface area contributed by atoms with Crippen LogP contribution in [0.15, 0.2) is 35.3 Å². The first-order chi connectivity index (χ1) is 11.5. The highest BCUT2D eigenvalue weighted by Crippen LogP contribution is 2.15. The van der Waals surface area contributed by atoms with Crippen LogP contribution in [-0.2, 0) is 6.42 Å². The molecule has 0 aromatic carbocycles. The third-order valence-electron chi connectivity index (χ3n) is 3.98. The molecule has 8 heteroatoms. The van der Waals surface area contributed by atoms with E-state index in [1.54, 1.807) is 29.4 Å². The first-order valence-electron chi connectivity index (χ1n) is 7.40. The van der Waals surface area contributed by atoms with Crippen LogP contribution in [0.3, 0.4) is 0 Å². The van der Waals surface area contributed by atoms with Gasteiger partial charge >= 0.3 is 0 Å². The molecule has 0 aliphatic carbocycles. The summed E-state index contributed by atoms with van der Waals surface area (Å²) in [6.07, 6.45) is 3.58. The van der Waals surface area contributed by atoms with Crippen LogP contribution in [0.5, 0.6) is 0 Å². The van der Waals surface area contributed by atoms with Crippen LogP contribution in [-0.4, -0.2) is 44.4 Å². The predicted octanol–water partition coefficient (Wildman–Crippen LogP) is 1.59. The maximum absolute atomic E-state index is 12.8. The molecule has 2 N–H and O–H groups in total. The number of carbonyl (C=O) groups excluding carboxylic acids is 2. The Bertz CT molecular complexity index is 887. The molecule has 0 bridgehead atoms. The van der Waals surface area contributed by atoms with Crippen molar-refractivity contribution in [1.82, 2.24) is 19.5 Å². The normalized spacial score (nSPS) is 12.2. The summed E-state index contributed by atoms with van der Waals surface area (Å²) in [4.78, 5) is 30.0. The molecular formula is C16H17N5O2S. The lowest BCUT2D eigenvalue weighted by Gasteiger charge is -2.24. The molecule has 0 unspecified atom stereocenters. The summed E-state index contributed by atoms with van der Waals surface area (Å²) >= 11 is 1.64. The van der Waals surface area contributed by atoms with E-state index in [9.17, 15) is 9.59 Å². The van der Waals surface area contributed by atoms with E-state index in [1.165, 1.54) is 22.5 Å². The van der Waals surface area contributed by atoms with E-state index < -0.39 is 5.91 Å². The second-order valence-electron chi connectivity index (χ2n) is 5.59. The van der Waals surface area contributed by atoms with Gasteiger partial charge in [0.05, 0.1) is 6.20 Å². The fourth-order valence-corrected chi connectivity index (χ4v) is 3.18. The van der Waals surface area contributed by atoms with E-state index in [1.807, 2.05) is 12.3 Å². The van der Waals surface area contributed by atoms with Gasteiger partial charge in [-0.25, -0.2) is 9.50 Å². The Kier molecular flexibility index (Phi) is 4.30. The van der Waals surface area contributed by atoms with Crippen LogP contribution in [0.1, 0.15) is 33.3 Å². The van der Waals surface area contributed by atoms with Gasteiger partial charge in [0.25, 0.3) is 11.8 Å². The molecule has 7 nitrogen and oxygen atoms in total. The molecule has 0 saturated carbocycles. The Morgan fingerprint density at radius 1 is 1.42 bits per heavy atom. The third kappa shape index (κ3) is 2.88. The summed E-state index contributed by atoms with van der Waals surface area (Å²) in [7, 11) is 1.75. The van der Waals surface area contributed by atoms with Crippen molar-refractivity contribution in [2.45, 2.75) is 19.4 Å². The molecule has 3 heterocycles. The molecule has 2 amide bonds. The summed E-state index contributed by atoms with van der Waals surface area (Å²) in [5.74, 6) is -0.814. The number of nitrogens with two attached hydrogens (primary N) is 1. The number of amides is 2. The predicted molar refractivity (Wildman–Crippen MR) is 91.1 cm³/mol. The molecular weight excluding hydrogens is 326 g/mol. The molecule has 0 saturated heterocycles. The van der Waals surface area contributed by atoms with E-state index in [0.29, 0.717) is 5.69 Å². The SMILES string of the molecule is C[C@H](Cc1ccsc1)N(C)C(=O)c1ccnc2c(C(N)=O)cnn12.